The Balaban J connectivity index is 0.000000384. The van der Waals surface area contributed by atoms with Crippen LogP contribution >= 0.6 is 0 Å². The number of aliphatic carboxylic acids is 1. The Bertz CT molecular complexity index is 1030. The highest BCUT2D eigenvalue weighted by Gasteiger charge is 2.44. The first kappa shape index (κ1) is 26.1. The average Bonchev–Trinajstić information content (AvgIpc) is 3.55. The van der Waals surface area contributed by atoms with Crippen molar-refractivity contribution in [2.45, 2.75) is 62.8 Å². The summed E-state index contributed by atoms with van der Waals surface area (Å²) in [6.07, 6.45) is 4.35. The van der Waals surface area contributed by atoms with Gasteiger partial charge in [-0.2, -0.15) is 13.2 Å². The SMILES string of the molecule is O=C(CC1CC2(CCN(Cc3ccoc3)CC2)Oc2ccccc21)N1CCCC1.O=C(O)C(F)(F)F. The molecule has 10 heteroatoms. The molecule has 7 nitrogen and oxygen atoms in total. The lowest BCUT2D eigenvalue weighted by molar-refractivity contribution is -0.192. The number of halogens is 3. The molecule has 5 rings (SSSR count). The number of rotatable bonds is 4. The van der Waals surface area contributed by atoms with E-state index in [1.807, 2.05) is 18.4 Å². The number of amides is 1. The van der Waals surface area contributed by atoms with Gasteiger partial charge >= 0.3 is 12.1 Å². The van der Waals surface area contributed by atoms with Crippen molar-refractivity contribution in [2.75, 3.05) is 26.2 Å². The molecule has 3 aliphatic heterocycles. The van der Waals surface area contributed by atoms with Crippen LogP contribution in [0.4, 0.5) is 13.2 Å². The van der Waals surface area contributed by atoms with Crippen LogP contribution in [-0.2, 0) is 16.1 Å². The Hall–Kier alpha value is -3.01. The molecule has 0 radical (unpaired) electrons. The molecule has 1 N–H and O–H groups in total. The maximum absolute atomic E-state index is 12.9. The van der Waals surface area contributed by atoms with E-state index in [-0.39, 0.29) is 11.5 Å². The van der Waals surface area contributed by atoms with Crippen LogP contribution in [0.15, 0.2) is 47.3 Å². The summed E-state index contributed by atoms with van der Waals surface area (Å²) in [5.41, 5.74) is 2.30. The Labute approximate surface area is 207 Å². The molecule has 1 unspecified atom stereocenters. The fourth-order valence-electron chi connectivity index (χ4n) is 5.30. The molecule has 1 aromatic carbocycles. The number of para-hydroxylation sites is 1. The molecule has 1 spiro atoms. The van der Waals surface area contributed by atoms with Crippen molar-refractivity contribution in [2.24, 2.45) is 0 Å². The summed E-state index contributed by atoms with van der Waals surface area (Å²) in [7, 11) is 0. The molecule has 2 saturated heterocycles. The van der Waals surface area contributed by atoms with Crippen LogP contribution in [0.2, 0.25) is 0 Å². The minimum Gasteiger partial charge on any atom is -0.487 e. The van der Waals surface area contributed by atoms with Gasteiger partial charge in [-0.15, -0.1) is 0 Å². The molecule has 1 amide bonds. The molecule has 0 bridgehead atoms. The van der Waals surface area contributed by atoms with E-state index in [1.165, 1.54) is 11.1 Å². The molecule has 4 heterocycles. The van der Waals surface area contributed by atoms with Gasteiger partial charge in [-0.3, -0.25) is 9.69 Å². The topological polar surface area (TPSA) is 83.2 Å². The van der Waals surface area contributed by atoms with Crippen molar-refractivity contribution in [3.05, 3.63) is 54.0 Å². The third-order valence-corrected chi connectivity index (χ3v) is 7.18. The Kier molecular flexibility index (Phi) is 7.92. The molecule has 36 heavy (non-hydrogen) atoms. The van der Waals surface area contributed by atoms with Crippen LogP contribution in [-0.4, -0.2) is 64.7 Å². The minimum atomic E-state index is -5.08. The van der Waals surface area contributed by atoms with E-state index in [0.717, 1.165) is 70.6 Å². The Morgan fingerprint density at radius 3 is 2.33 bits per heavy atom. The number of ether oxygens (including phenoxy) is 1. The van der Waals surface area contributed by atoms with Crippen molar-refractivity contribution in [1.82, 2.24) is 9.80 Å². The monoisotopic (exact) mass is 508 g/mol. The van der Waals surface area contributed by atoms with Gasteiger partial charge in [0, 0.05) is 50.6 Å². The van der Waals surface area contributed by atoms with Crippen LogP contribution in [0, 0.1) is 0 Å². The highest BCUT2D eigenvalue weighted by Crippen LogP contribution is 2.46. The number of benzene rings is 1. The highest BCUT2D eigenvalue weighted by atomic mass is 19.4. The number of nitrogens with zero attached hydrogens (tertiary/aromatic N) is 2. The van der Waals surface area contributed by atoms with Crippen LogP contribution < -0.4 is 4.74 Å². The molecular formula is C26H31F3N2O5. The maximum Gasteiger partial charge on any atom is 0.490 e. The maximum atomic E-state index is 12.9. The van der Waals surface area contributed by atoms with Crippen molar-refractivity contribution < 1.29 is 37.0 Å². The molecule has 0 aliphatic carbocycles. The number of alkyl halides is 3. The number of furan rings is 1. The average molecular weight is 509 g/mol. The number of carboxylic acid groups (broad SMARTS) is 1. The number of hydrogen-bond acceptors (Lipinski definition) is 5. The van der Waals surface area contributed by atoms with Gasteiger partial charge in [-0.25, -0.2) is 4.79 Å². The fraction of sp³-hybridized carbons (Fsp3) is 0.538. The molecule has 2 fully saturated rings. The standard InChI is InChI=1S/C24H30N2O3.C2HF3O2/c27-23(26-10-3-4-11-26)15-20-16-24(29-22-6-2-1-5-21(20)22)8-12-25(13-9-24)17-19-7-14-28-18-19;3-2(4,5)1(6)7/h1-2,5-7,14,18,20H,3-4,8-13,15-17H2;(H,6,7). The van der Waals surface area contributed by atoms with Gasteiger partial charge in [-0.1, -0.05) is 18.2 Å². The summed E-state index contributed by atoms with van der Waals surface area (Å²) in [5, 5.41) is 7.12. The first-order valence-electron chi connectivity index (χ1n) is 12.2. The van der Waals surface area contributed by atoms with Gasteiger partial charge < -0.3 is 19.2 Å². The van der Waals surface area contributed by atoms with Crippen molar-refractivity contribution in [3.8, 4) is 5.75 Å². The van der Waals surface area contributed by atoms with Gasteiger partial charge in [-0.05, 0) is 49.8 Å². The van der Waals surface area contributed by atoms with E-state index >= 15 is 0 Å². The van der Waals surface area contributed by atoms with Crippen molar-refractivity contribution in [1.29, 1.82) is 0 Å². The van der Waals surface area contributed by atoms with Gasteiger partial charge in [0.1, 0.15) is 11.4 Å². The molecule has 0 saturated carbocycles. The molecular weight excluding hydrogens is 477 g/mol. The molecule has 3 aliphatic rings. The van der Waals surface area contributed by atoms with E-state index < -0.39 is 12.1 Å². The zero-order valence-electron chi connectivity index (χ0n) is 20.0. The lowest BCUT2D eigenvalue weighted by atomic mass is 9.76. The third-order valence-electron chi connectivity index (χ3n) is 7.18. The summed E-state index contributed by atoms with van der Waals surface area (Å²) in [6, 6.07) is 10.4. The second kappa shape index (κ2) is 10.9. The quantitative estimate of drug-likeness (QED) is 0.637. The first-order valence-corrected chi connectivity index (χ1v) is 12.2. The van der Waals surface area contributed by atoms with Crippen molar-refractivity contribution >= 4 is 11.9 Å². The Morgan fingerprint density at radius 2 is 1.72 bits per heavy atom. The predicted molar refractivity (Wildman–Crippen MR) is 124 cm³/mol. The number of carbonyl (C=O) groups excluding carboxylic acids is 1. The van der Waals surface area contributed by atoms with E-state index in [4.69, 9.17) is 19.1 Å². The fourth-order valence-corrected chi connectivity index (χ4v) is 5.30. The third kappa shape index (κ3) is 6.40. The van der Waals surface area contributed by atoms with Gasteiger partial charge in [0.2, 0.25) is 5.91 Å². The number of hydrogen-bond donors (Lipinski definition) is 1. The van der Waals surface area contributed by atoms with Crippen LogP contribution in [0.25, 0.3) is 0 Å². The number of carbonyl (C=O) groups is 2. The normalized spacial score (nSPS) is 21.3. The molecule has 196 valence electrons. The lowest BCUT2D eigenvalue weighted by Crippen LogP contribution is -2.50. The number of likely N-dealkylation sites (tertiary alicyclic amines) is 2. The van der Waals surface area contributed by atoms with Crippen LogP contribution in [0.5, 0.6) is 5.75 Å². The lowest BCUT2D eigenvalue weighted by Gasteiger charge is -2.47. The summed E-state index contributed by atoms with van der Waals surface area (Å²) in [5.74, 6) is -1.20. The zero-order chi connectivity index (χ0) is 25.8. The van der Waals surface area contributed by atoms with Crippen LogP contribution in [0.1, 0.15) is 55.6 Å². The first-order chi connectivity index (χ1) is 17.2. The van der Waals surface area contributed by atoms with E-state index in [9.17, 15) is 18.0 Å². The summed E-state index contributed by atoms with van der Waals surface area (Å²) < 4.78 is 43.6. The van der Waals surface area contributed by atoms with E-state index in [1.54, 1.807) is 6.26 Å². The summed E-state index contributed by atoms with van der Waals surface area (Å²) in [4.78, 5) is 26.3. The van der Waals surface area contributed by atoms with Gasteiger partial charge in [0.05, 0.1) is 12.5 Å². The highest BCUT2D eigenvalue weighted by molar-refractivity contribution is 5.77. The summed E-state index contributed by atoms with van der Waals surface area (Å²) >= 11 is 0. The smallest absolute Gasteiger partial charge is 0.487 e. The van der Waals surface area contributed by atoms with Gasteiger partial charge in [0.15, 0.2) is 0 Å². The number of carboxylic acids is 1. The van der Waals surface area contributed by atoms with Crippen LogP contribution in [0.3, 0.4) is 0 Å². The predicted octanol–water partition coefficient (Wildman–Crippen LogP) is 4.83. The zero-order valence-corrected chi connectivity index (χ0v) is 20.0. The second-order valence-electron chi connectivity index (χ2n) is 9.73. The van der Waals surface area contributed by atoms with Crippen molar-refractivity contribution in [3.63, 3.8) is 0 Å². The van der Waals surface area contributed by atoms with E-state index in [0.29, 0.717) is 12.3 Å². The molecule has 2 aromatic rings. The Morgan fingerprint density at radius 1 is 1.06 bits per heavy atom. The number of fused-ring (bicyclic) bond motifs is 1. The summed E-state index contributed by atoms with van der Waals surface area (Å²) in [6.45, 7) is 4.82. The van der Waals surface area contributed by atoms with E-state index in [2.05, 4.69) is 28.0 Å². The minimum absolute atomic E-state index is 0.142. The van der Waals surface area contributed by atoms with Gasteiger partial charge in [0.25, 0.3) is 0 Å². The second-order valence-corrected chi connectivity index (χ2v) is 9.73. The number of piperidine rings is 1. The molecule has 1 aromatic heterocycles. The molecule has 1 atom stereocenters. The largest absolute Gasteiger partial charge is 0.490 e.